The van der Waals surface area contributed by atoms with Crippen LogP contribution < -0.4 is 0 Å². The van der Waals surface area contributed by atoms with E-state index in [9.17, 15) is 0 Å². The Morgan fingerprint density at radius 2 is 2.21 bits per heavy atom. The number of thiophene rings is 1. The maximum atomic E-state index is 4.57. The van der Waals surface area contributed by atoms with E-state index in [1.807, 2.05) is 11.6 Å². The average molecular weight is 220 g/mol. The Kier molecular flexibility index (Phi) is 1.72. The van der Waals surface area contributed by atoms with Crippen LogP contribution in [0.3, 0.4) is 0 Å². The van der Waals surface area contributed by atoms with Gasteiger partial charge in [-0.2, -0.15) is 0 Å². The van der Waals surface area contributed by atoms with E-state index in [4.69, 9.17) is 0 Å². The zero-order valence-corrected chi connectivity index (χ0v) is 9.23. The molecule has 0 saturated carbocycles. The van der Waals surface area contributed by atoms with Gasteiger partial charge in [-0.05, 0) is 23.9 Å². The summed E-state index contributed by atoms with van der Waals surface area (Å²) in [4.78, 5) is 6.91. The molecule has 3 heterocycles. The van der Waals surface area contributed by atoms with Crippen LogP contribution >= 0.6 is 22.7 Å². The minimum Gasteiger partial charge on any atom is -0.297 e. The molecule has 0 unspecified atom stereocenters. The second kappa shape index (κ2) is 2.93. The molecule has 0 amide bonds. The molecule has 4 heteroatoms. The number of hydrogen-bond acceptors (Lipinski definition) is 3. The van der Waals surface area contributed by atoms with Crippen molar-refractivity contribution < 1.29 is 0 Å². The Morgan fingerprint density at radius 3 is 2.93 bits per heavy atom. The summed E-state index contributed by atoms with van der Waals surface area (Å²) in [5, 5.41) is 4.16. The maximum Gasteiger partial charge on any atom is 0.194 e. The molecule has 0 N–H and O–H groups in total. The highest BCUT2D eigenvalue weighted by Crippen LogP contribution is 2.29. The molecule has 14 heavy (non-hydrogen) atoms. The van der Waals surface area contributed by atoms with Gasteiger partial charge in [-0.15, -0.1) is 22.7 Å². The van der Waals surface area contributed by atoms with E-state index in [-0.39, 0.29) is 0 Å². The second-order valence-corrected chi connectivity index (χ2v) is 4.94. The van der Waals surface area contributed by atoms with E-state index in [0.29, 0.717) is 0 Å². The van der Waals surface area contributed by atoms with Crippen LogP contribution in [0.2, 0.25) is 0 Å². The molecule has 3 aromatic heterocycles. The number of nitrogens with zero attached hydrogens (tertiary/aromatic N) is 2. The van der Waals surface area contributed by atoms with Gasteiger partial charge in [0, 0.05) is 17.8 Å². The van der Waals surface area contributed by atoms with Crippen molar-refractivity contribution in [1.29, 1.82) is 0 Å². The summed E-state index contributed by atoms with van der Waals surface area (Å²) in [5.41, 5.74) is 2.39. The van der Waals surface area contributed by atoms with E-state index in [1.165, 1.54) is 10.4 Å². The van der Waals surface area contributed by atoms with Gasteiger partial charge in [-0.3, -0.25) is 4.40 Å². The number of aromatic nitrogens is 2. The standard InChI is InChI=1S/C10H8N2S2/c1-7-2-4-13-9(7)8-6-12-3-5-14-10(12)11-8/h2-6H,1H3. The fraction of sp³-hybridized carbons (Fsp3) is 0.100. The van der Waals surface area contributed by atoms with Crippen LogP contribution in [0.4, 0.5) is 0 Å². The Balaban J connectivity index is 2.23. The van der Waals surface area contributed by atoms with Crippen LogP contribution in [-0.2, 0) is 0 Å². The summed E-state index contributed by atoms with van der Waals surface area (Å²) in [7, 11) is 0. The largest absolute Gasteiger partial charge is 0.297 e. The normalized spacial score (nSPS) is 11.2. The zero-order valence-electron chi connectivity index (χ0n) is 7.60. The molecule has 2 nitrogen and oxygen atoms in total. The summed E-state index contributed by atoms with van der Waals surface area (Å²) in [6, 6.07) is 2.13. The van der Waals surface area contributed by atoms with Crippen molar-refractivity contribution in [3.8, 4) is 10.6 Å². The molecular formula is C10H8N2S2. The summed E-state index contributed by atoms with van der Waals surface area (Å²) in [6.45, 7) is 2.12. The van der Waals surface area contributed by atoms with Gasteiger partial charge in [0.15, 0.2) is 4.96 Å². The number of rotatable bonds is 1. The minimum absolute atomic E-state index is 1.06. The van der Waals surface area contributed by atoms with Crippen molar-refractivity contribution in [2.45, 2.75) is 6.92 Å². The quantitative estimate of drug-likeness (QED) is 0.614. The van der Waals surface area contributed by atoms with Gasteiger partial charge in [0.2, 0.25) is 0 Å². The number of aryl methyl sites for hydroxylation is 1. The van der Waals surface area contributed by atoms with Crippen molar-refractivity contribution in [3.05, 3.63) is 34.8 Å². The van der Waals surface area contributed by atoms with Crippen molar-refractivity contribution in [1.82, 2.24) is 9.38 Å². The first-order valence-corrected chi connectivity index (χ1v) is 6.07. The lowest BCUT2D eigenvalue weighted by atomic mass is 10.2. The third kappa shape index (κ3) is 1.11. The topological polar surface area (TPSA) is 17.3 Å². The van der Waals surface area contributed by atoms with E-state index in [1.54, 1.807) is 22.7 Å². The first-order chi connectivity index (χ1) is 6.84. The number of fused-ring (bicyclic) bond motifs is 1. The molecular weight excluding hydrogens is 212 g/mol. The molecule has 0 aliphatic carbocycles. The van der Waals surface area contributed by atoms with Gasteiger partial charge >= 0.3 is 0 Å². The van der Waals surface area contributed by atoms with Crippen molar-refractivity contribution in [3.63, 3.8) is 0 Å². The lowest BCUT2D eigenvalue weighted by Crippen LogP contribution is -1.73. The lowest BCUT2D eigenvalue weighted by Gasteiger charge is -1.91. The lowest BCUT2D eigenvalue weighted by molar-refractivity contribution is 1.23. The fourth-order valence-corrected chi connectivity index (χ4v) is 3.05. The monoisotopic (exact) mass is 220 g/mol. The van der Waals surface area contributed by atoms with Crippen LogP contribution in [0.15, 0.2) is 29.2 Å². The molecule has 0 aliphatic heterocycles. The summed E-state index contributed by atoms with van der Waals surface area (Å²) in [5.74, 6) is 0. The average Bonchev–Trinajstić information content (AvgIpc) is 2.75. The van der Waals surface area contributed by atoms with Crippen LogP contribution in [0, 0.1) is 6.92 Å². The Morgan fingerprint density at radius 1 is 1.29 bits per heavy atom. The van der Waals surface area contributed by atoms with Crippen LogP contribution in [-0.4, -0.2) is 9.38 Å². The molecule has 0 fully saturated rings. The van der Waals surface area contributed by atoms with Crippen LogP contribution in [0.1, 0.15) is 5.56 Å². The van der Waals surface area contributed by atoms with Crippen molar-refractivity contribution in [2.24, 2.45) is 0 Å². The van der Waals surface area contributed by atoms with E-state index < -0.39 is 0 Å². The van der Waals surface area contributed by atoms with Crippen LogP contribution in [0.5, 0.6) is 0 Å². The second-order valence-electron chi connectivity index (χ2n) is 3.15. The maximum absolute atomic E-state index is 4.57. The molecule has 0 spiro atoms. The number of thiazole rings is 1. The summed E-state index contributed by atoms with van der Waals surface area (Å²) in [6.07, 6.45) is 4.13. The molecule has 0 aromatic carbocycles. The first-order valence-electron chi connectivity index (χ1n) is 4.31. The number of imidazole rings is 1. The predicted octanol–water partition coefficient (Wildman–Crippen LogP) is 3.43. The van der Waals surface area contributed by atoms with E-state index in [0.717, 1.165) is 10.7 Å². The smallest absolute Gasteiger partial charge is 0.194 e. The highest BCUT2D eigenvalue weighted by Gasteiger charge is 2.08. The van der Waals surface area contributed by atoms with Crippen molar-refractivity contribution >= 4 is 27.6 Å². The molecule has 0 saturated heterocycles. The van der Waals surface area contributed by atoms with Gasteiger partial charge in [0.05, 0.1) is 4.88 Å². The number of hydrogen-bond donors (Lipinski definition) is 0. The van der Waals surface area contributed by atoms with E-state index in [2.05, 4.69) is 34.0 Å². The van der Waals surface area contributed by atoms with Gasteiger partial charge in [0.25, 0.3) is 0 Å². The predicted molar refractivity (Wildman–Crippen MR) is 61.1 cm³/mol. The fourth-order valence-electron chi connectivity index (χ4n) is 1.47. The third-order valence-corrected chi connectivity index (χ3v) is 4.00. The molecule has 0 bridgehead atoms. The van der Waals surface area contributed by atoms with E-state index >= 15 is 0 Å². The molecule has 3 rings (SSSR count). The SMILES string of the molecule is Cc1ccsc1-c1cn2ccsc2n1. The Labute approximate surface area is 89.5 Å². The highest BCUT2D eigenvalue weighted by atomic mass is 32.1. The van der Waals surface area contributed by atoms with Crippen molar-refractivity contribution in [2.75, 3.05) is 0 Å². The minimum atomic E-state index is 1.06. The highest BCUT2D eigenvalue weighted by molar-refractivity contribution is 7.15. The Bertz CT molecular complexity index is 545. The molecule has 0 atom stereocenters. The summed E-state index contributed by atoms with van der Waals surface area (Å²) >= 11 is 3.42. The summed E-state index contributed by atoms with van der Waals surface area (Å²) < 4.78 is 2.07. The van der Waals surface area contributed by atoms with Gasteiger partial charge in [-0.25, -0.2) is 4.98 Å². The zero-order chi connectivity index (χ0) is 9.54. The first kappa shape index (κ1) is 8.20. The molecule has 3 aromatic rings. The molecule has 0 radical (unpaired) electrons. The van der Waals surface area contributed by atoms with Crippen LogP contribution in [0.25, 0.3) is 15.5 Å². The van der Waals surface area contributed by atoms with Gasteiger partial charge in [0.1, 0.15) is 5.69 Å². The van der Waals surface area contributed by atoms with Gasteiger partial charge < -0.3 is 0 Å². The molecule has 70 valence electrons. The molecule has 0 aliphatic rings. The van der Waals surface area contributed by atoms with Gasteiger partial charge in [-0.1, -0.05) is 0 Å². The Hall–Kier alpha value is -1.13. The third-order valence-electron chi connectivity index (χ3n) is 2.19.